The molecule has 4 heterocycles. The Labute approximate surface area is 149 Å². The van der Waals surface area contributed by atoms with Gasteiger partial charge in [-0.2, -0.15) is 5.10 Å². The van der Waals surface area contributed by atoms with Crippen molar-refractivity contribution in [3.8, 4) is 11.3 Å². The lowest BCUT2D eigenvalue weighted by Gasteiger charge is -2.15. The van der Waals surface area contributed by atoms with E-state index in [4.69, 9.17) is 16.7 Å². The highest BCUT2D eigenvalue weighted by molar-refractivity contribution is 7.99. The third-order valence-corrected chi connectivity index (χ3v) is 6.45. The van der Waals surface area contributed by atoms with E-state index in [1.807, 2.05) is 18.3 Å². The Hall–Kier alpha value is -1.56. The number of hydrogen-bond acceptors (Lipinski definition) is 4. The van der Waals surface area contributed by atoms with Crippen molar-refractivity contribution < 1.29 is 0 Å². The van der Waals surface area contributed by atoms with E-state index in [2.05, 4.69) is 26.7 Å². The van der Waals surface area contributed by atoms with Crippen LogP contribution in [-0.4, -0.2) is 39.3 Å². The average Bonchev–Trinajstić information content (AvgIpc) is 3.24. The van der Waals surface area contributed by atoms with Crippen LogP contribution >= 0.6 is 23.4 Å². The molecule has 24 heavy (non-hydrogen) atoms. The maximum absolute atomic E-state index is 6.47. The van der Waals surface area contributed by atoms with Gasteiger partial charge < -0.3 is 4.90 Å². The number of aromatic nitrogens is 3. The van der Waals surface area contributed by atoms with Crippen LogP contribution in [0.4, 0.5) is 0 Å². The summed E-state index contributed by atoms with van der Waals surface area (Å²) in [4.78, 5) is 8.12. The minimum atomic E-state index is 0.782. The van der Waals surface area contributed by atoms with Crippen molar-refractivity contribution in [1.29, 1.82) is 0 Å². The molecular weight excluding hydrogens is 340 g/mol. The van der Waals surface area contributed by atoms with Gasteiger partial charge in [0.25, 0.3) is 0 Å². The van der Waals surface area contributed by atoms with E-state index in [-0.39, 0.29) is 0 Å². The highest BCUT2D eigenvalue weighted by Gasteiger charge is 2.26. The Morgan fingerprint density at radius 1 is 1.12 bits per heavy atom. The first-order chi connectivity index (χ1) is 11.8. The fourth-order valence-corrected chi connectivity index (χ4v) is 4.99. The molecule has 4 nitrogen and oxygen atoms in total. The number of halogens is 1. The second-order valence-electron chi connectivity index (χ2n) is 6.35. The Balaban J connectivity index is 1.63. The van der Waals surface area contributed by atoms with Gasteiger partial charge in [0, 0.05) is 28.6 Å². The molecule has 0 spiro atoms. The summed E-state index contributed by atoms with van der Waals surface area (Å²) in [5.74, 6) is 0. The van der Waals surface area contributed by atoms with Crippen LogP contribution in [0.2, 0.25) is 5.02 Å². The highest BCUT2D eigenvalue weighted by atomic mass is 35.5. The Bertz CT molecular complexity index is 930. The molecule has 1 aromatic carbocycles. The van der Waals surface area contributed by atoms with E-state index in [1.165, 1.54) is 36.8 Å². The van der Waals surface area contributed by atoms with Crippen LogP contribution in [0.3, 0.4) is 0 Å². The Morgan fingerprint density at radius 2 is 2.00 bits per heavy atom. The monoisotopic (exact) mass is 356 g/mol. The molecule has 1 saturated heterocycles. The summed E-state index contributed by atoms with van der Waals surface area (Å²) in [6, 6.07) is 8.16. The van der Waals surface area contributed by atoms with E-state index in [0.29, 0.717) is 0 Å². The van der Waals surface area contributed by atoms with Crippen LogP contribution < -0.4 is 0 Å². The predicted molar refractivity (Wildman–Crippen MR) is 97.8 cm³/mol. The molecule has 0 N–H and O–H groups in total. The minimum absolute atomic E-state index is 0.782. The summed E-state index contributed by atoms with van der Waals surface area (Å²) >= 11 is 8.12. The molecule has 2 aliphatic heterocycles. The fraction of sp³-hybridized carbons (Fsp3) is 0.333. The molecule has 0 aliphatic carbocycles. The van der Waals surface area contributed by atoms with Gasteiger partial charge in [0.2, 0.25) is 0 Å². The minimum Gasteiger partial charge on any atom is -0.301 e. The summed E-state index contributed by atoms with van der Waals surface area (Å²) < 4.78 is 2.14. The summed E-state index contributed by atoms with van der Waals surface area (Å²) in [6.45, 7) is 4.40. The zero-order chi connectivity index (χ0) is 16.1. The second-order valence-corrected chi connectivity index (χ2v) is 7.76. The summed E-state index contributed by atoms with van der Waals surface area (Å²) in [5, 5.41) is 7.89. The number of likely N-dealkylation sites (tertiary alicyclic amines) is 1. The first-order valence-electron chi connectivity index (χ1n) is 8.36. The van der Waals surface area contributed by atoms with Crippen LogP contribution in [-0.2, 0) is 6.54 Å². The van der Waals surface area contributed by atoms with Gasteiger partial charge in [-0.05, 0) is 50.2 Å². The van der Waals surface area contributed by atoms with Gasteiger partial charge in [-0.25, -0.2) is 4.98 Å². The van der Waals surface area contributed by atoms with Crippen molar-refractivity contribution in [2.24, 2.45) is 0 Å². The van der Waals surface area contributed by atoms with Gasteiger partial charge in [0.05, 0.1) is 17.1 Å². The SMILES string of the molecule is Clc1ccc2c3c(nn2CCN2CCCC2)-c2cccnc2Sc13. The number of hydrogen-bond donors (Lipinski definition) is 0. The van der Waals surface area contributed by atoms with Gasteiger partial charge in [0.15, 0.2) is 0 Å². The van der Waals surface area contributed by atoms with E-state index >= 15 is 0 Å². The Kier molecular flexibility index (Phi) is 3.54. The van der Waals surface area contributed by atoms with Gasteiger partial charge >= 0.3 is 0 Å². The number of benzene rings is 1. The first-order valence-corrected chi connectivity index (χ1v) is 9.55. The van der Waals surface area contributed by atoms with Gasteiger partial charge in [-0.1, -0.05) is 23.4 Å². The fourth-order valence-electron chi connectivity index (χ4n) is 3.67. The molecule has 5 rings (SSSR count). The Morgan fingerprint density at radius 3 is 2.88 bits per heavy atom. The highest BCUT2D eigenvalue weighted by Crippen LogP contribution is 2.49. The molecule has 3 aromatic rings. The van der Waals surface area contributed by atoms with Crippen LogP contribution in [0.5, 0.6) is 0 Å². The standard InChI is InChI=1S/C18H17ClN4S/c19-13-5-6-14-15-16(12-4-3-7-20-18(12)24-17(13)15)21-23(14)11-10-22-8-1-2-9-22/h3-7H,1-2,8-11H2. The van der Waals surface area contributed by atoms with Gasteiger partial charge in [-0.15, -0.1) is 0 Å². The molecule has 0 amide bonds. The molecule has 2 aromatic heterocycles. The van der Waals surface area contributed by atoms with E-state index in [0.717, 1.165) is 39.3 Å². The molecule has 122 valence electrons. The normalized spacial score (nSPS) is 16.7. The van der Waals surface area contributed by atoms with E-state index in [1.54, 1.807) is 11.8 Å². The van der Waals surface area contributed by atoms with Crippen LogP contribution in [0.15, 0.2) is 40.4 Å². The zero-order valence-electron chi connectivity index (χ0n) is 13.2. The topological polar surface area (TPSA) is 34.0 Å². The number of fused-ring (bicyclic) bond motifs is 2. The molecule has 2 aliphatic rings. The van der Waals surface area contributed by atoms with Crippen molar-refractivity contribution in [2.45, 2.75) is 29.3 Å². The van der Waals surface area contributed by atoms with E-state index < -0.39 is 0 Å². The largest absolute Gasteiger partial charge is 0.301 e. The third-order valence-electron chi connectivity index (χ3n) is 4.87. The predicted octanol–water partition coefficient (Wildman–Crippen LogP) is 4.31. The average molecular weight is 357 g/mol. The maximum Gasteiger partial charge on any atom is 0.110 e. The molecule has 1 fully saturated rings. The van der Waals surface area contributed by atoms with Crippen molar-refractivity contribution >= 4 is 34.3 Å². The van der Waals surface area contributed by atoms with Crippen molar-refractivity contribution in [3.63, 3.8) is 0 Å². The third kappa shape index (κ3) is 2.26. The number of nitrogens with zero attached hydrogens (tertiary/aromatic N) is 4. The number of pyridine rings is 1. The summed E-state index contributed by atoms with van der Waals surface area (Å²) in [6.07, 6.45) is 4.47. The molecule has 0 atom stereocenters. The lowest BCUT2D eigenvalue weighted by atomic mass is 10.1. The molecule has 0 saturated carbocycles. The van der Waals surface area contributed by atoms with Crippen LogP contribution in [0, 0.1) is 0 Å². The van der Waals surface area contributed by atoms with Crippen molar-refractivity contribution in [2.75, 3.05) is 19.6 Å². The molecule has 0 radical (unpaired) electrons. The smallest absolute Gasteiger partial charge is 0.110 e. The quantitative estimate of drug-likeness (QED) is 0.547. The zero-order valence-corrected chi connectivity index (χ0v) is 14.8. The summed E-state index contributed by atoms with van der Waals surface area (Å²) in [5.41, 5.74) is 3.30. The lowest BCUT2D eigenvalue weighted by Crippen LogP contribution is -2.24. The summed E-state index contributed by atoms with van der Waals surface area (Å²) in [7, 11) is 0. The first kappa shape index (κ1) is 14.8. The van der Waals surface area contributed by atoms with Gasteiger partial charge in [0.1, 0.15) is 10.7 Å². The van der Waals surface area contributed by atoms with Crippen LogP contribution in [0.1, 0.15) is 12.8 Å². The van der Waals surface area contributed by atoms with Crippen LogP contribution in [0.25, 0.3) is 22.2 Å². The van der Waals surface area contributed by atoms with Gasteiger partial charge in [-0.3, -0.25) is 4.68 Å². The lowest BCUT2D eigenvalue weighted by molar-refractivity contribution is 0.318. The van der Waals surface area contributed by atoms with Crippen molar-refractivity contribution in [3.05, 3.63) is 35.5 Å². The second kappa shape index (κ2) is 5.76. The molecular formula is C18H17ClN4S. The number of rotatable bonds is 3. The maximum atomic E-state index is 6.47. The molecule has 0 bridgehead atoms. The van der Waals surface area contributed by atoms with Crippen molar-refractivity contribution in [1.82, 2.24) is 19.7 Å². The van der Waals surface area contributed by atoms with E-state index in [9.17, 15) is 0 Å². The molecule has 6 heteroatoms. The molecule has 0 unspecified atom stereocenters.